The Bertz CT molecular complexity index is 763. The lowest BCUT2D eigenvalue weighted by atomic mass is 10.2. The van der Waals surface area contributed by atoms with E-state index in [4.69, 9.17) is 14.7 Å². The third-order valence-electron chi connectivity index (χ3n) is 2.76. The van der Waals surface area contributed by atoms with Gasteiger partial charge in [0.1, 0.15) is 5.82 Å². The van der Waals surface area contributed by atoms with Gasteiger partial charge in [-0.3, -0.25) is 0 Å². The van der Waals surface area contributed by atoms with E-state index < -0.39 is 5.97 Å². The highest BCUT2D eigenvalue weighted by Crippen LogP contribution is 2.28. The van der Waals surface area contributed by atoms with E-state index in [0.717, 1.165) is 0 Å². The Morgan fingerprint density at radius 1 is 1.23 bits per heavy atom. The zero-order valence-electron chi connectivity index (χ0n) is 11.7. The molecule has 5 heteroatoms. The zero-order chi connectivity index (χ0) is 15.9. The lowest BCUT2D eigenvalue weighted by Crippen LogP contribution is -2.05. The van der Waals surface area contributed by atoms with Crippen molar-refractivity contribution in [3.05, 3.63) is 65.5 Å². The summed E-state index contributed by atoms with van der Waals surface area (Å²) in [5, 5.41) is 8.81. The SMILES string of the molecule is COc1cc(C#N)ccc1OC(=O)/C=C/c1cccc(F)c1. The van der Waals surface area contributed by atoms with Crippen molar-refractivity contribution in [1.82, 2.24) is 0 Å². The van der Waals surface area contributed by atoms with Gasteiger partial charge >= 0.3 is 5.97 Å². The van der Waals surface area contributed by atoms with Gasteiger partial charge < -0.3 is 9.47 Å². The fraction of sp³-hybridized carbons (Fsp3) is 0.0588. The van der Waals surface area contributed by atoms with Crippen LogP contribution in [0.1, 0.15) is 11.1 Å². The number of benzene rings is 2. The summed E-state index contributed by atoms with van der Waals surface area (Å²) in [6.07, 6.45) is 2.63. The van der Waals surface area contributed by atoms with Crippen LogP contribution in [0.25, 0.3) is 6.08 Å². The topological polar surface area (TPSA) is 59.3 Å². The Kier molecular flexibility index (Phi) is 4.89. The molecule has 0 aliphatic heterocycles. The first kappa shape index (κ1) is 15.3. The van der Waals surface area contributed by atoms with E-state index in [1.807, 2.05) is 6.07 Å². The van der Waals surface area contributed by atoms with Crippen molar-refractivity contribution in [2.75, 3.05) is 7.11 Å². The van der Waals surface area contributed by atoms with E-state index in [1.54, 1.807) is 12.1 Å². The molecule has 0 heterocycles. The first-order valence-corrected chi connectivity index (χ1v) is 6.36. The Hall–Kier alpha value is -3.13. The van der Waals surface area contributed by atoms with E-state index in [1.165, 1.54) is 49.6 Å². The second-order valence-corrected chi connectivity index (χ2v) is 4.29. The third-order valence-corrected chi connectivity index (χ3v) is 2.76. The van der Waals surface area contributed by atoms with Crippen molar-refractivity contribution < 1.29 is 18.7 Å². The van der Waals surface area contributed by atoms with Crippen molar-refractivity contribution in [3.8, 4) is 17.6 Å². The Morgan fingerprint density at radius 3 is 2.73 bits per heavy atom. The predicted octanol–water partition coefficient (Wildman–Crippen LogP) is 3.32. The molecule has 4 nitrogen and oxygen atoms in total. The van der Waals surface area contributed by atoms with Crippen LogP contribution in [0.3, 0.4) is 0 Å². The largest absolute Gasteiger partial charge is 0.493 e. The minimum atomic E-state index is -0.632. The molecule has 0 aromatic heterocycles. The molecule has 0 N–H and O–H groups in total. The summed E-state index contributed by atoms with van der Waals surface area (Å²) in [6.45, 7) is 0. The summed E-state index contributed by atoms with van der Waals surface area (Å²) in [6, 6.07) is 12.3. The Labute approximate surface area is 127 Å². The minimum absolute atomic E-state index is 0.204. The van der Waals surface area contributed by atoms with Crippen molar-refractivity contribution in [3.63, 3.8) is 0 Å². The number of ether oxygens (including phenoxy) is 2. The lowest BCUT2D eigenvalue weighted by molar-refractivity contribution is -0.129. The lowest BCUT2D eigenvalue weighted by Gasteiger charge is -2.07. The molecule has 0 atom stereocenters. The van der Waals surface area contributed by atoms with Crippen molar-refractivity contribution >= 4 is 12.0 Å². The summed E-state index contributed by atoms with van der Waals surface area (Å²) >= 11 is 0. The number of hydrogen-bond donors (Lipinski definition) is 0. The molecule has 0 amide bonds. The van der Waals surface area contributed by atoms with E-state index in [-0.39, 0.29) is 17.3 Å². The van der Waals surface area contributed by atoms with Crippen LogP contribution in [0.2, 0.25) is 0 Å². The maximum absolute atomic E-state index is 13.0. The fourth-order valence-electron chi connectivity index (χ4n) is 1.74. The van der Waals surface area contributed by atoms with Crippen LogP contribution in [-0.2, 0) is 4.79 Å². The van der Waals surface area contributed by atoms with E-state index >= 15 is 0 Å². The molecule has 0 spiro atoms. The molecule has 0 unspecified atom stereocenters. The van der Waals surface area contributed by atoms with Crippen LogP contribution in [0, 0.1) is 17.1 Å². The number of rotatable bonds is 4. The average Bonchev–Trinajstić information content (AvgIpc) is 2.53. The number of carbonyl (C=O) groups excluding carboxylic acids is 1. The number of nitrogens with zero attached hydrogens (tertiary/aromatic N) is 1. The van der Waals surface area contributed by atoms with Gasteiger partial charge in [0.05, 0.1) is 18.7 Å². The van der Waals surface area contributed by atoms with Gasteiger partial charge in [0.2, 0.25) is 0 Å². The monoisotopic (exact) mass is 297 g/mol. The normalized spacial score (nSPS) is 10.2. The summed E-state index contributed by atoms with van der Waals surface area (Å²) in [4.78, 5) is 11.8. The van der Waals surface area contributed by atoms with Gasteiger partial charge in [-0.25, -0.2) is 9.18 Å². The summed E-state index contributed by atoms with van der Waals surface area (Å²) < 4.78 is 23.2. The van der Waals surface area contributed by atoms with Crippen molar-refractivity contribution in [2.45, 2.75) is 0 Å². The number of methoxy groups -OCH3 is 1. The molecule has 0 aliphatic rings. The van der Waals surface area contributed by atoms with Gasteiger partial charge in [0.25, 0.3) is 0 Å². The Balaban J connectivity index is 2.11. The summed E-state index contributed by atoms with van der Waals surface area (Å²) in [5.74, 6) is -0.529. The number of esters is 1. The smallest absolute Gasteiger partial charge is 0.336 e. The van der Waals surface area contributed by atoms with Crippen molar-refractivity contribution in [2.24, 2.45) is 0 Å². The minimum Gasteiger partial charge on any atom is -0.493 e. The molecule has 22 heavy (non-hydrogen) atoms. The molecule has 0 saturated heterocycles. The number of carbonyl (C=O) groups is 1. The van der Waals surface area contributed by atoms with Gasteiger partial charge in [-0.1, -0.05) is 12.1 Å². The van der Waals surface area contributed by atoms with Crippen LogP contribution >= 0.6 is 0 Å². The number of nitriles is 1. The third kappa shape index (κ3) is 3.93. The number of hydrogen-bond acceptors (Lipinski definition) is 4. The highest BCUT2D eigenvalue weighted by Gasteiger charge is 2.09. The zero-order valence-corrected chi connectivity index (χ0v) is 11.7. The highest BCUT2D eigenvalue weighted by molar-refractivity contribution is 5.89. The fourth-order valence-corrected chi connectivity index (χ4v) is 1.74. The predicted molar refractivity (Wildman–Crippen MR) is 78.8 cm³/mol. The van der Waals surface area contributed by atoms with Gasteiger partial charge in [-0.2, -0.15) is 5.26 Å². The molecular formula is C17H12FNO3. The quantitative estimate of drug-likeness (QED) is 0.493. The summed E-state index contributed by atoms with van der Waals surface area (Å²) in [5.41, 5.74) is 0.940. The van der Waals surface area contributed by atoms with E-state index in [9.17, 15) is 9.18 Å². The maximum Gasteiger partial charge on any atom is 0.336 e. The Morgan fingerprint density at radius 2 is 2.05 bits per heavy atom. The average molecular weight is 297 g/mol. The molecule has 2 rings (SSSR count). The highest BCUT2D eigenvalue weighted by atomic mass is 19.1. The van der Waals surface area contributed by atoms with E-state index in [0.29, 0.717) is 11.1 Å². The van der Waals surface area contributed by atoms with Crippen LogP contribution in [0.4, 0.5) is 4.39 Å². The van der Waals surface area contributed by atoms with Crippen LogP contribution in [0.15, 0.2) is 48.5 Å². The van der Waals surface area contributed by atoms with Gasteiger partial charge in [-0.15, -0.1) is 0 Å². The van der Waals surface area contributed by atoms with Gasteiger partial charge in [0, 0.05) is 12.1 Å². The van der Waals surface area contributed by atoms with Crippen LogP contribution < -0.4 is 9.47 Å². The second-order valence-electron chi connectivity index (χ2n) is 4.29. The van der Waals surface area contributed by atoms with Gasteiger partial charge in [-0.05, 0) is 35.9 Å². The molecular weight excluding hydrogens is 285 g/mol. The van der Waals surface area contributed by atoms with Crippen molar-refractivity contribution in [1.29, 1.82) is 5.26 Å². The molecule has 110 valence electrons. The molecule has 0 radical (unpaired) electrons. The maximum atomic E-state index is 13.0. The first-order valence-electron chi connectivity index (χ1n) is 6.36. The molecule has 2 aromatic rings. The molecule has 0 fully saturated rings. The number of halogens is 1. The summed E-state index contributed by atoms with van der Waals surface area (Å²) in [7, 11) is 1.41. The molecule has 2 aromatic carbocycles. The molecule has 0 bridgehead atoms. The molecule has 0 aliphatic carbocycles. The van der Waals surface area contributed by atoms with Gasteiger partial charge in [0.15, 0.2) is 11.5 Å². The van der Waals surface area contributed by atoms with Crippen LogP contribution in [-0.4, -0.2) is 13.1 Å². The van der Waals surface area contributed by atoms with Crippen LogP contribution in [0.5, 0.6) is 11.5 Å². The van der Waals surface area contributed by atoms with E-state index in [2.05, 4.69) is 0 Å². The first-order chi connectivity index (χ1) is 10.6. The standard InChI is InChI=1S/C17H12FNO3/c1-21-16-10-13(11-19)5-7-15(16)22-17(20)8-6-12-3-2-4-14(18)9-12/h2-10H,1H3/b8-6+. The molecule has 0 saturated carbocycles. The second kappa shape index (κ2) is 7.04.